The summed E-state index contributed by atoms with van der Waals surface area (Å²) in [5.41, 5.74) is 2.24. The fraction of sp³-hybridized carbons (Fsp3) is 0.600. The van der Waals surface area contributed by atoms with Crippen molar-refractivity contribution in [2.75, 3.05) is 18.0 Å². The van der Waals surface area contributed by atoms with E-state index in [1.807, 2.05) is 12.1 Å². The molecule has 0 radical (unpaired) electrons. The van der Waals surface area contributed by atoms with E-state index >= 15 is 0 Å². The molecule has 2 nitrogen and oxygen atoms in total. The van der Waals surface area contributed by atoms with Crippen LogP contribution in [0.5, 0.6) is 0 Å². The van der Waals surface area contributed by atoms with Crippen molar-refractivity contribution < 1.29 is 5.11 Å². The first-order valence-electron chi connectivity index (χ1n) is 6.91. The number of benzene rings is 1. The minimum atomic E-state index is -0.400. The second-order valence-corrected chi connectivity index (χ2v) is 6.00. The molecule has 0 saturated carbocycles. The largest absolute Gasteiger partial charge is 0.389 e. The zero-order valence-corrected chi connectivity index (χ0v) is 12.6. The van der Waals surface area contributed by atoms with Gasteiger partial charge in [0.2, 0.25) is 0 Å². The van der Waals surface area contributed by atoms with Crippen LogP contribution in [0.1, 0.15) is 50.7 Å². The zero-order valence-electron chi connectivity index (χ0n) is 11.0. The normalized spacial score (nSPS) is 19.2. The van der Waals surface area contributed by atoms with E-state index in [0.717, 1.165) is 23.1 Å². The first kappa shape index (κ1) is 13.9. The zero-order chi connectivity index (χ0) is 13.0. The summed E-state index contributed by atoms with van der Waals surface area (Å²) in [6.45, 7) is 4.09. The molecular formula is C15H22BrNO. The third kappa shape index (κ3) is 3.48. The number of anilines is 1. The van der Waals surface area contributed by atoms with Crippen molar-refractivity contribution in [1.29, 1.82) is 0 Å². The van der Waals surface area contributed by atoms with Crippen LogP contribution in [0.2, 0.25) is 0 Å². The molecule has 1 aromatic carbocycles. The second-order valence-electron chi connectivity index (χ2n) is 5.14. The monoisotopic (exact) mass is 311 g/mol. The van der Waals surface area contributed by atoms with Crippen LogP contribution >= 0.6 is 15.9 Å². The van der Waals surface area contributed by atoms with Crippen molar-refractivity contribution in [3.05, 3.63) is 28.2 Å². The third-order valence-electron chi connectivity index (χ3n) is 3.65. The Bertz CT molecular complexity index is 384. The van der Waals surface area contributed by atoms with Gasteiger partial charge in [-0.05, 0) is 53.4 Å². The van der Waals surface area contributed by atoms with Crippen molar-refractivity contribution in [3.63, 3.8) is 0 Å². The van der Waals surface area contributed by atoms with Gasteiger partial charge in [0.25, 0.3) is 0 Å². The molecule has 3 heteroatoms. The number of aliphatic hydroxyl groups is 1. The van der Waals surface area contributed by atoms with Crippen molar-refractivity contribution in [2.24, 2.45) is 0 Å². The van der Waals surface area contributed by atoms with Crippen molar-refractivity contribution >= 4 is 21.6 Å². The van der Waals surface area contributed by atoms with Gasteiger partial charge in [-0.25, -0.2) is 0 Å². The lowest BCUT2D eigenvalue weighted by Crippen LogP contribution is -2.27. The smallest absolute Gasteiger partial charge is 0.0762 e. The molecule has 0 unspecified atom stereocenters. The molecule has 1 heterocycles. The fourth-order valence-corrected chi connectivity index (χ4v) is 3.18. The Hall–Kier alpha value is -0.540. The molecule has 0 aromatic heterocycles. The van der Waals surface area contributed by atoms with Gasteiger partial charge in [0, 0.05) is 17.6 Å². The van der Waals surface area contributed by atoms with Crippen LogP contribution in [-0.4, -0.2) is 18.2 Å². The van der Waals surface area contributed by atoms with E-state index in [1.165, 1.54) is 37.8 Å². The van der Waals surface area contributed by atoms with Gasteiger partial charge in [-0.2, -0.15) is 0 Å². The van der Waals surface area contributed by atoms with Crippen LogP contribution in [0.3, 0.4) is 0 Å². The molecule has 2 rings (SSSR count). The average molecular weight is 312 g/mol. The Kier molecular flexibility index (Phi) is 5.07. The Morgan fingerprint density at radius 2 is 1.72 bits per heavy atom. The minimum absolute atomic E-state index is 0.400. The number of hydrogen-bond acceptors (Lipinski definition) is 2. The molecule has 1 N–H and O–H groups in total. The molecule has 1 aliphatic heterocycles. The van der Waals surface area contributed by atoms with Crippen molar-refractivity contribution in [1.82, 2.24) is 0 Å². The van der Waals surface area contributed by atoms with Crippen LogP contribution in [0, 0.1) is 0 Å². The molecule has 0 amide bonds. The van der Waals surface area contributed by atoms with E-state index < -0.39 is 6.10 Å². The number of aliphatic hydroxyl groups excluding tert-OH is 1. The molecular weight excluding hydrogens is 290 g/mol. The fourth-order valence-electron chi connectivity index (χ4n) is 2.53. The summed E-state index contributed by atoms with van der Waals surface area (Å²) in [4.78, 5) is 2.47. The highest BCUT2D eigenvalue weighted by molar-refractivity contribution is 9.10. The summed E-state index contributed by atoms with van der Waals surface area (Å²) in [5, 5.41) is 9.60. The predicted octanol–water partition coefficient (Wildman–Crippen LogP) is 4.27. The van der Waals surface area contributed by atoms with E-state index in [1.54, 1.807) is 6.92 Å². The maximum atomic E-state index is 9.60. The molecule has 18 heavy (non-hydrogen) atoms. The average Bonchev–Trinajstić information content (AvgIpc) is 2.29. The van der Waals surface area contributed by atoms with Crippen molar-refractivity contribution in [2.45, 2.75) is 45.1 Å². The summed E-state index contributed by atoms with van der Waals surface area (Å²) >= 11 is 3.64. The Morgan fingerprint density at radius 1 is 1.11 bits per heavy atom. The summed E-state index contributed by atoms with van der Waals surface area (Å²) in [6.07, 6.45) is 6.24. The molecule has 100 valence electrons. The second kappa shape index (κ2) is 6.58. The summed E-state index contributed by atoms with van der Waals surface area (Å²) < 4.78 is 1.10. The van der Waals surface area contributed by atoms with E-state index in [9.17, 15) is 5.11 Å². The van der Waals surface area contributed by atoms with Gasteiger partial charge in [-0.3, -0.25) is 0 Å². The van der Waals surface area contributed by atoms with Gasteiger partial charge in [0.15, 0.2) is 0 Å². The SMILES string of the molecule is C[C@H](O)c1ccc(N2CCCCCCC2)c(Br)c1. The van der Waals surface area contributed by atoms with E-state index in [2.05, 4.69) is 26.9 Å². The number of halogens is 1. The van der Waals surface area contributed by atoms with E-state index in [0.29, 0.717) is 0 Å². The molecule has 1 atom stereocenters. The molecule has 1 aliphatic rings. The summed E-state index contributed by atoms with van der Waals surface area (Å²) in [7, 11) is 0. The lowest BCUT2D eigenvalue weighted by Gasteiger charge is -2.28. The number of nitrogens with zero attached hydrogens (tertiary/aromatic N) is 1. The molecule has 0 bridgehead atoms. The van der Waals surface area contributed by atoms with E-state index in [-0.39, 0.29) is 0 Å². The summed E-state index contributed by atoms with van der Waals surface area (Å²) in [5.74, 6) is 0. The summed E-state index contributed by atoms with van der Waals surface area (Å²) in [6, 6.07) is 6.20. The molecule has 1 aromatic rings. The highest BCUT2D eigenvalue weighted by Gasteiger charge is 2.13. The maximum Gasteiger partial charge on any atom is 0.0762 e. The molecule has 1 fully saturated rings. The van der Waals surface area contributed by atoms with Gasteiger partial charge in [-0.1, -0.05) is 25.3 Å². The quantitative estimate of drug-likeness (QED) is 0.881. The van der Waals surface area contributed by atoms with Crippen LogP contribution in [0.15, 0.2) is 22.7 Å². The lowest BCUT2D eigenvalue weighted by atomic mass is 10.1. The Morgan fingerprint density at radius 3 is 2.28 bits per heavy atom. The van der Waals surface area contributed by atoms with Crippen LogP contribution in [0.25, 0.3) is 0 Å². The van der Waals surface area contributed by atoms with Gasteiger partial charge >= 0.3 is 0 Å². The van der Waals surface area contributed by atoms with Crippen molar-refractivity contribution in [3.8, 4) is 0 Å². The topological polar surface area (TPSA) is 23.5 Å². The maximum absolute atomic E-state index is 9.60. The van der Waals surface area contributed by atoms with Gasteiger partial charge in [-0.15, -0.1) is 0 Å². The van der Waals surface area contributed by atoms with Gasteiger partial charge in [0.05, 0.1) is 11.8 Å². The number of hydrogen-bond donors (Lipinski definition) is 1. The minimum Gasteiger partial charge on any atom is -0.389 e. The van der Waals surface area contributed by atoms with Gasteiger partial charge in [0.1, 0.15) is 0 Å². The van der Waals surface area contributed by atoms with E-state index in [4.69, 9.17) is 0 Å². The van der Waals surface area contributed by atoms with Crippen LogP contribution in [0.4, 0.5) is 5.69 Å². The number of rotatable bonds is 2. The highest BCUT2D eigenvalue weighted by Crippen LogP contribution is 2.30. The molecule has 0 spiro atoms. The third-order valence-corrected chi connectivity index (χ3v) is 4.29. The van der Waals surface area contributed by atoms with Crippen LogP contribution < -0.4 is 4.90 Å². The lowest BCUT2D eigenvalue weighted by molar-refractivity contribution is 0.199. The first-order chi connectivity index (χ1) is 8.68. The Labute approximate surface area is 118 Å². The standard InChI is InChI=1S/C15H22BrNO/c1-12(18)13-7-8-15(14(16)11-13)17-9-5-3-2-4-6-10-17/h7-8,11-12,18H,2-6,9-10H2,1H3/t12-/m0/s1. The van der Waals surface area contributed by atoms with Gasteiger partial charge < -0.3 is 10.0 Å². The predicted molar refractivity (Wildman–Crippen MR) is 80.1 cm³/mol. The van der Waals surface area contributed by atoms with Crippen LogP contribution in [-0.2, 0) is 0 Å². The first-order valence-corrected chi connectivity index (χ1v) is 7.70. The Balaban J connectivity index is 2.15. The highest BCUT2D eigenvalue weighted by atomic mass is 79.9. The molecule has 1 saturated heterocycles. The molecule has 0 aliphatic carbocycles.